The molecule has 1 N–H and O–H groups in total. The van der Waals surface area contributed by atoms with Crippen LogP contribution < -0.4 is 18.9 Å². The molecule has 0 radical (unpaired) electrons. The maximum Gasteiger partial charge on any atom is 0.133 e. The first kappa shape index (κ1) is 22.4. The van der Waals surface area contributed by atoms with Gasteiger partial charge in [0.05, 0.1) is 12.2 Å². The van der Waals surface area contributed by atoms with E-state index >= 15 is 0 Å². The number of ether oxygens (including phenoxy) is 4. The van der Waals surface area contributed by atoms with Gasteiger partial charge >= 0.3 is 0 Å². The highest BCUT2D eigenvalue weighted by Gasteiger charge is 2.40. The topological polar surface area (TPSA) is 57.2 Å². The first-order valence-corrected chi connectivity index (χ1v) is 11.7. The van der Waals surface area contributed by atoms with Gasteiger partial charge < -0.3 is 24.1 Å². The van der Waals surface area contributed by atoms with Gasteiger partial charge in [-0.2, -0.15) is 0 Å². The Hall–Kier alpha value is -3.44. The van der Waals surface area contributed by atoms with Gasteiger partial charge in [0.2, 0.25) is 0 Å². The molecule has 0 amide bonds. The summed E-state index contributed by atoms with van der Waals surface area (Å²) in [5.41, 5.74) is 1.99. The Balaban J connectivity index is 1.46. The highest BCUT2D eigenvalue weighted by atomic mass is 16.5. The van der Waals surface area contributed by atoms with Crippen LogP contribution in [0.1, 0.15) is 43.0 Å². The molecule has 5 heteroatoms. The molecule has 2 heterocycles. The zero-order valence-electron chi connectivity index (χ0n) is 19.8. The molecule has 34 heavy (non-hydrogen) atoms. The summed E-state index contributed by atoms with van der Waals surface area (Å²) in [5.74, 6) is 2.86. The second-order valence-electron chi connectivity index (χ2n) is 9.37. The molecule has 0 saturated heterocycles. The molecule has 2 aliphatic rings. The van der Waals surface area contributed by atoms with Crippen molar-refractivity contribution in [2.45, 2.75) is 45.0 Å². The summed E-state index contributed by atoms with van der Waals surface area (Å²) in [4.78, 5) is 0. The Morgan fingerprint density at radius 1 is 1.00 bits per heavy atom. The molecular weight excluding hydrogens is 428 g/mol. The highest BCUT2D eigenvalue weighted by molar-refractivity contribution is 5.70. The van der Waals surface area contributed by atoms with Gasteiger partial charge in [0, 0.05) is 18.1 Å². The van der Waals surface area contributed by atoms with Crippen molar-refractivity contribution >= 4 is 6.08 Å². The van der Waals surface area contributed by atoms with Crippen LogP contribution in [0.15, 0.2) is 66.7 Å². The number of benzene rings is 3. The van der Waals surface area contributed by atoms with E-state index < -0.39 is 5.60 Å². The van der Waals surface area contributed by atoms with Gasteiger partial charge in [-0.05, 0) is 62.2 Å². The van der Waals surface area contributed by atoms with Gasteiger partial charge in [0.25, 0.3) is 0 Å². The quantitative estimate of drug-likeness (QED) is 0.516. The molecule has 0 aromatic heterocycles. The minimum absolute atomic E-state index is 0.114. The Morgan fingerprint density at radius 3 is 2.62 bits per heavy atom. The van der Waals surface area contributed by atoms with Crippen molar-refractivity contribution in [1.82, 2.24) is 0 Å². The number of hydrogen-bond donors (Lipinski definition) is 1. The van der Waals surface area contributed by atoms with Crippen LogP contribution in [0.3, 0.4) is 0 Å². The van der Waals surface area contributed by atoms with Crippen LogP contribution in [0.25, 0.3) is 6.08 Å². The second kappa shape index (κ2) is 8.73. The Kier molecular flexibility index (Phi) is 5.74. The van der Waals surface area contributed by atoms with E-state index in [1.165, 1.54) is 0 Å². The molecule has 2 aliphatic heterocycles. The fourth-order valence-corrected chi connectivity index (χ4v) is 4.51. The Bertz CT molecular complexity index is 1210. The number of rotatable bonds is 6. The molecule has 0 saturated carbocycles. The molecular formula is C29H30O5. The van der Waals surface area contributed by atoms with E-state index in [9.17, 15) is 5.11 Å². The number of fused-ring (bicyclic) bond motifs is 3. The normalized spacial score (nSPS) is 19.9. The lowest BCUT2D eigenvalue weighted by molar-refractivity contribution is -0.0241. The van der Waals surface area contributed by atoms with Crippen molar-refractivity contribution in [3.05, 3.63) is 89.0 Å². The van der Waals surface area contributed by atoms with Gasteiger partial charge in [-0.3, -0.25) is 0 Å². The predicted octanol–water partition coefficient (Wildman–Crippen LogP) is 5.67. The van der Waals surface area contributed by atoms with Gasteiger partial charge in [-0.15, -0.1) is 0 Å². The Labute approximate surface area is 200 Å². The summed E-state index contributed by atoms with van der Waals surface area (Å²) in [6, 6.07) is 19.5. The van der Waals surface area contributed by atoms with E-state index in [0.717, 1.165) is 28.2 Å². The average molecular weight is 459 g/mol. The van der Waals surface area contributed by atoms with Crippen molar-refractivity contribution in [1.29, 1.82) is 0 Å². The van der Waals surface area contributed by atoms with E-state index in [-0.39, 0.29) is 12.2 Å². The van der Waals surface area contributed by atoms with E-state index in [0.29, 0.717) is 36.7 Å². The molecule has 5 nitrogen and oxygen atoms in total. The second-order valence-corrected chi connectivity index (χ2v) is 9.37. The van der Waals surface area contributed by atoms with Crippen LogP contribution in [-0.2, 0) is 18.6 Å². The smallest absolute Gasteiger partial charge is 0.133 e. The highest BCUT2D eigenvalue weighted by Crippen LogP contribution is 2.46. The lowest BCUT2D eigenvalue weighted by Crippen LogP contribution is -2.39. The summed E-state index contributed by atoms with van der Waals surface area (Å²) >= 11 is 0. The van der Waals surface area contributed by atoms with Gasteiger partial charge in [0.1, 0.15) is 47.4 Å². The maximum absolute atomic E-state index is 11.8. The van der Waals surface area contributed by atoms with Gasteiger partial charge in [-0.1, -0.05) is 36.4 Å². The fraction of sp³-hybridized carbons (Fsp3) is 0.310. The third kappa shape index (κ3) is 4.36. The third-order valence-electron chi connectivity index (χ3n) is 6.20. The molecule has 3 aromatic rings. The minimum Gasteiger partial charge on any atom is -0.494 e. The molecule has 3 aromatic carbocycles. The molecule has 0 spiro atoms. The van der Waals surface area contributed by atoms with Crippen molar-refractivity contribution in [2.75, 3.05) is 13.2 Å². The maximum atomic E-state index is 11.8. The third-order valence-corrected chi connectivity index (χ3v) is 6.20. The Morgan fingerprint density at radius 2 is 1.82 bits per heavy atom. The molecule has 0 bridgehead atoms. The summed E-state index contributed by atoms with van der Waals surface area (Å²) < 4.78 is 24.2. The lowest BCUT2D eigenvalue weighted by Gasteiger charge is -2.37. The van der Waals surface area contributed by atoms with E-state index in [4.69, 9.17) is 18.9 Å². The minimum atomic E-state index is -1.24. The van der Waals surface area contributed by atoms with Crippen molar-refractivity contribution in [2.24, 2.45) is 0 Å². The summed E-state index contributed by atoms with van der Waals surface area (Å²) in [6.45, 7) is 7.04. The van der Waals surface area contributed by atoms with Crippen LogP contribution in [0.5, 0.6) is 23.0 Å². The fourth-order valence-electron chi connectivity index (χ4n) is 4.51. The van der Waals surface area contributed by atoms with E-state index in [1.807, 2.05) is 93.6 Å². The van der Waals surface area contributed by atoms with Crippen LogP contribution >= 0.6 is 0 Å². The molecule has 0 fully saturated rings. The van der Waals surface area contributed by atoms with Crippen molar-refractivity contribution in [3.63, 3.8) is 0 Å². The standard InChI is InChI=1S/C29H30O5/c1-4-31-22-11-12-24(26(16-22)32-18-20-8-6-5-7-9-20)29(30)17-21-10-13-25-23(27(21)33-19-29)14-15-28(2,3)34-25/h5-16,30H,4,17-19H2,1-3H3. The van der Waals surface area contributed by atoms with Crippen LogP contribution in [0.4, 0.5) is 0 Å². The van der Waals surface area contributed by atoms with Gasteiger partial charge in [0.15, 0.2) is 0 Å². The van der Waals surface area contributed by atoms with Crippen LogP contribution in [0, 0.1) is 0 Å². The van der Waals surface area contributed by atoms with Crippen LogP contribution in [-0.4, -0.2) is 23.9 Å². The van der Waals surface area contributed by atoms with E-state index in [1.54, 1.807) is 0 Å². The molecule has 176 valence electrons. The van der Waals surface area contributed by atoms with Gasteiger partial charge in [-0.25, -0.2) is 0 Å². The SMILES string of the molecule is CCOc1ccc(C2(O)COc3c(ccc4c3C=CC(C)(C)O4)C2)c(OCc2ccccc2)c1. The van der Waals surface area contributed by atoms with Crippen molar-refractivity contribution in [3.8, 4) is 23.0 Å². The zero-order chi connectivity index (χ0) is 23.8. The molecule has 1 atom stereocenters. The molecule has 5 rings (SSSR count). The lowest BCUT2D eigenvalue weighted by atomic mass is 9.84. The number of aliphatic hydroxyl groups is 1. The van der Waals surface area contributed by atoms with Crippen LogP contribution in [0.2, 0.25) is 0 Å². The first-order valence-electron chi connectivity index (χ1n) is 11.7. The van der Waals surface area contributed by atoms with E-state index in [2.05, 4.69) is 0 Å². The van der Waals surface area contributed by atoms with Crippen molar-refractivity contribution < 1.29 is 24.1 Å². The monoisotopic (exact) mass is 458 g/mol. The largest absolute Gasteiger partial charge is 0.494 e. The first-order chi connectivity index (χ1) is 16.4. The summed E-state index contributed by atoms with van der Waals surface area (Å²) in [7, 11) is 0. The number of hydrogen-bond acceptors (Lipinski definition) is 5. The summed E-state index contributed by atoms with van der Waals surface area (Å²) in [6.07, 6.45) is 4.48. The zero-order valence-corrected chi connectivity index (χ0v) is 19.8. The predicted molar refractivity (Wildman–Crippen MR) is 132 cm³/mol. The molecule has 1 unspecified atom stereocenters. The molecule has 0 aliphatic carbocycles. The summed E-state index contributed by atoms with van der Waals surface area (Å²) in [5, 5.41) is 11.8. The average Bonchev–Trinajstić information content (AvgIpc) is 2.83.